The number of rotatable bonds is 6. The normalized spacial score (nSPS) is 12.6. The van der Waals surface area contributed by atoms with Crippen molar-refractivity contribution in [3.05, 3.63) is 29.8 Å². The predicted octanol–water partition coefficient (Wildman–Crippen LogP) is -0.328. The van der Waals surface area contributed by atoms with Gasteiger partial charge in [-0.05, 0) is 18.6 Å². The third kappa shape index (κ3) is 3.75. The molecule has 0 unspecified atom stereocenters. The van der Waals surface area contributed by atoms with Crippen molar-refractivity contribution in [2.75, 3.05) is 6.61 Å². The molecule has 0 amide bonds. The molecule has 102 valence electrons. The minimum absolute atomic E-state index is 0.0804. The Morgan fingerprint density at radius 2 is 2.05 bits per heavy atom. The number of aliphatic carboxylic acids is 1. The van der Waals surface area contributed by atoms with Gasteiger partial charge in [0.1, 0.15) is 12.1 Å². The molecule has 7 nitrogen and oxygen atoms in total. The molecule has 0 aromatic heterocycles. The van der Waals surface area contributed by atoms with E-state index < -0.39 is 28.6 Å². The lowest BCUT2D eigenvalue weighted by molar-refractivity contribution is -0.139. The minimum Gasteiger partial charge on any atom is -0.480 e. The van der Waals surface area contributed by atoms with Gasteiger partial charge in [0.05, 0.1) is 10.5 Å². The Labute approximate surface area is 110 Å². The van der Waals surface area contributed by atoms with E-state index in [1.807, 2.05) is 4.72 Å². The van der Waals surface area contributed by atoms with E-state index in [-0.39, 0.29) is 16.9 Å². The second-order valence-electron chi connectivity index (χ2n) is 3.63. The molecule has 0 spiro atoms. The third-order valence-corrected chi connectivity index (χ3v) is 3.84. The quantitative estimate of drug-likeness (QED) is 0.656. The fourth-order valence-electron chi connectivity index (χ4n) is 1.41. The Balaban J connectivity index is 3.11. The number of carbonyl (C=O) groups is 1. The van der Waals surface area contributed by atoms with E-state index in [0.29, 0.717) is 0 Å². The third-order valence-electron chi connectivity index (χ3n) is 2.31. The van der Waals surface area contributed by atoms with Crippen LogP contribution in [-0.4, -0.2) is 37.2 Å². The maximum Gasteiger partial charge on any atom is 0.321 e. The molecular formula is C11H12N2O5S. The molecular weight excluding hydrogens is 272 g/mol. The van der Waals surface area contributed by atoms with Gasteiger partial charge in [0.2, 0.25) is 10.0 Å². The average Bonchev–Trinajstić information content (AvgIpc) is 2.38. The Bertz CT molecular complexity index is 606. The first-order valence-electron chi connectivity index (χ1n) is 5.27. The lowest BCUT2D eigenvalue weighted by Crippen LogP contribution is -2.41. The summed E-state index contributed by atoms with van der Waals surface area (Å²) in [6, 6.07) is 5.73. The van der Waals surface area contributed by atoms with E-state index in [4.69, 9.17) is 15.5 Å². The summed E-state index contributed by atoms with van der Waals surface area (Å²) in [4.78, 5) is 10.6. The summed E-state index contributed by atoms with van der Waals surface area (Å²) in [5, 5.41) is 26.4. The van der Waals surface area contributed by atoms with E-state index in [9.17, 15) is 13.2 Å². The van der Waals surface area contributed by atoms with Gasteiger partial charge in [-0.2, -0.15) is 9.98 Å². The van der Waals surface area contributed by atoms with Crippen molar-refractivity contribution in [2.45, 2.75) is 17.4 Å². The van der Waals surface area contributed by atoms with Gasteiger partial charge < -0.3 is 10.2 Å². The maximum absolute atomic E-state index is 12.0. The van der Waals surface area contributed by atoms with Crippen LogP contribution >= 0.6 is 0 Å². The average molecular weight is 284 g/mol. The number of hydrogen-bond acceptors (Lipinski definition) is 5. The second-order valence-corrected chi connectivity index (χ2v) is 5.31. The van der Waals surface area contributed by atoms with Crippen molar-refractivity contribution in [2.24, 2.45) is 0 Å². The zero-order valence-electron chi connectivity index (χ0n) is 9.78. The summed E-state index contributed by atoms with van der Waals surface area (Å²) in [7, 11) is -4.13. The van der Waals surface area contributed by atoms with E-state index in [1.165, 1.54) is 24.3 Å². The molecule has 0 fully saturated rings. The molecule has 0 saturated heterocycles. The number of carboxylic acid groups (broad SMARTS) is 1. The van der Waals surface area contributed by atoms with E-state index in [0.717, 1.165) is 0 Å². The van der Waals surface area contributed by atoms with Gasteiger partial charge in [0.25, 0.3) is 0 Å². The number of nitriles is 1. The molecule has 0 aliphatic carbocycles. The Hall–Kier alpha value is -1.95. The number of aliphatic hydroxyl groups excluding tert-OH is 1. The molecule has 1 aromatic carbocycles. The van der Waals surface area contributed by atoms with Crippen LogP contribution in [0.1, 0.15) is 12.0 Å². The van der Waals surface area contributed by atoms with Crippen molar-refractivity contribution in [1.82, 2.24) is 4.72 Å². The first-order valence-corrected chi connectivity index (χ1v) is 6.76. The van der Waals surface area contributed by atoms with Crippen LogP contribution in [0.2, 0.25) is 0 Å². The van der Waals surface area contributed by atoms with Gasteiger partial charge in [0, 0.05) is 6.61 Å². The molecule has 0 heterocycles. The molecule has 3 N–H and O–H groups in total. The Morgan fingerprint density at radius 1 is 1.42 bits per heavy atom. The Morgan fingerprint density at radius 3 is 2.58 bits per heavy atom. The molecule has 0 saturated carbocycles. The minimum atomic E-state index is -4.13. The number of aliphatic hydroxyl groups is 1. The summed E-state index contributed by atoms with van der Waals surface area (Å²) < 4.78 is 25.9. The number of nitrogens with one attached hydrogen (secondary N) is 1. The number of sulfonamides is 1. The van der Waals surface area contributed by atoms with Gasteiger partial charge in [0.15, 0.2) is 0 Å². The van der Waals surface area contributed by atoms with E-state index in [1.54, 1.807) is 6.07 Å². The molecule has 8 heteroatoms. The van der Waals surface area contributed by atoms with Gasteiger partial charge in [-0.1, -0.05) is 12.1 Å². The number of hydrogen-bond donors (Lipinski definition) is 3. The van der Waals surface area contributed by atoms with Gasteiger partial charge in [-0.3, -0.25) is 4.79 Å². The summed E-state index contributed by atoms with van der Waals surface area (Å²) in [6.45, 7) is -0.473. The van der Waals surface area contributed by atoms with E-state index in [2.05, 4.69) is 0 Å². The Kier molecular flexibility index (Phi) is 5.00. The number of carboxylic acids is 1. The molecule has 1 atom stereocenters. The van der Waals surface area contributed by atoms with Crippen LogP contribution in [0.5, 0.6) is 0 Å². The van der Waals surface area contributed by atoms with E-state index >= 15 is 0 Å². The van der Waals surface area contributed by atoms with Crippen LogP contribution in [0.25, 0.3) is 0 Å². The van der Waals surface area contributed by atoms with Crippen molar-refractivity contribution >= 4 is 16.0 Å². The first kappa shape index (κ1) is 15.1. The van der Waals surface area contributed by atoms with Crippen molar-refractivity contribution in [3.8, 4) is 6.07 Å². The monoisotopic (exact) mass is 284 g/mol. The molecule has 0 aliphatic heterocycles. The highest BCUT2D eigenvalue weighted by molar-refractivity contribution is 7.89. The lowest BCUT2D eigenvalue weighted by atomic mass is 10.2. The lowest BCUT2D eigenvalue weighted by Gasteiger charge is -2.14. The summed E-state index contributed by atoms with van der Waals surface area (Å²) in [5.41, 5.74) is -0.0804. The highest BCUT2D eigenvalue weighted by Crippen LogP contribution is 2.15. The second kappa shape index (κ2) is 6.29. The van der Waals surface area contributed by atoms with Crippen molar-refractivity contribution in [1.29, 1.82) is 5.26 Å². The SMILES string of the molecule is N#Cc1ccccc1S(=O)(=O)N[C@@H](CCO)C(=O)O. The van der Waals surface area contributed by atoms with Crippen LogP contribution in [0, 0.1) is 11.3 Å². The van der Waals surface area contributed by atoms with Gasteiger partial charge >= 0.3 is 5.97 Å². The molecule has 1 aromatic rings. The molecule has 0 aliphatic rings. The van der Waals surface area contributed by atoms with Crippen molar-refractivity contribution < 1.29 is 23.4 Å². The van der Waals surface area contributed by atoms with Gasteiger partial charge in [-0.25, -0.2) is 8.42 Å². The van der Waals surface area contributed by atoms with Crippen LogP contribution < -0.4 is 4.72 Å². The zero-order chi connectivity index (χ0) is 14.5. The zero-order valence-corrected chi connectivity index (χ0v) is 10.6. The molecule has 1 rings (SSSR count). The predicted molar refractivity (Wildman–Crippen MR) is 64.6 cm³/mol. The highest BCUT2D eigenvalue weighted by atomic mass is 32.2. The first-order chi connectivity index (χ1) is 8.92. The maximum atomic E-state index is 12.0. The largest absolute Gasteiger partial charge is 0.480 e. The van der Waals surface area contributed by atoms with Crippen LogP contribution in [0.4, 0.5) is 0 Å². The summed E-state index contributed by atoms with van der Waals surface area (Å²) >= 11 is 0. The van der Waals surface area contributed by atoms with Crippen LogP contribution in [-0.2, 0) is 14.8 Å². The smallest absolute Gasteiger partial charge is 0.321 e. The number of benzene rings is 1. The molecule has 0 radical (unpaired) electrons. The fraction of sp³-hybridized carbons (Fsp3) is 0.273. The van der Waals surface area contributed by atoms with Crippen molar-refractivity contribution in [3.63, 3.8) is 0 Å². The highest BCUT2D eigenvalue weighted by Gasteiger charge is 2.26. The standard InChI is InChI=1S/C11H12N2O5S/c12-7-8-3-1-2-4-10(8)19(17,18)13-9(5-6-14)11(15)16/h1-4,9,13-14H,5-6H2,(H,15,16)/t9-/m0/s1. The van der Waals surface area contributed by atoms with Crippen LogP contribution in [0.15, 0.2) is 29.2 Å². The summed E-state index contributed by atoms with van der Waals surface area (Å²) in [5.74, 6) is -1.40. The number of nitrogens with zero attached hydrogens (tertiary/aromatic N) is 1. The summed E-state index contributed by atoms with van der Waals surface area (Å²) in [6.07, 6.45) is -0.261. The molecule has 19 heavy (non-hydrogen) atoms. The topological polar surface area (TPSA) is 127 Å². The van der Waals surface area contributed by atoms with Crippen LogP contribution in [0.3, 0.4) is 0 Å². The molecule has 0 bridgehead atoms. The fourth-order valence-corrected chi connectivity index (χ4v) is 2.79. The van der Waals surface area contributed by atoms with Gasteiger partial charge in [-0.15, -0.1) is 0 Å².